The van der Waals surface area contributed by atoms with E-state index in [1.807, 2.05) is 36.4 Å². The van der Waals surface area contributed by atoms with Crippen LogP contribution in [0.15, 0.2) is 54.7 Å². The summed E-state index contributed by atoms with van der Waals surface area (Å²) in [4.78, 5) is 11.2. The van der Waals surface area contributed by atoms with E-state index < -0.39 is 10.0 Å². The molecular weight excluding hydrogens is 276 g/mol. The molecule has 0 atom stereocenters. The van der Waals surface area contributed by atoms with Crippen molar-refractivity contribution >= 4 is 10.0 Å². The molecule has 0 fully saturated rings. The van der Waals surface area contributed by atoms with Gasteiger partial charge in [0, 0.05) is 18.3 Å². The Labute approximate surface area is 118 Å². The van der Waals surface area contributed by atoms with Crippen molar-refractivity contribution in [3.05, 3.63) is 66.0 Å². The number of aryl methyl sites for hydroxylation is 1. The highest BCUT2D eigenvalue weighted by molar-refractivity contribution is 7.89. The number of hydrogen-bond acceptors (Lipinski definition) is 4. The van der Waals surface area contributed by atoms with Crippen molar-refractivity contribution in [3.63, 3.8) is 0 Å². The summed E-state index contributed by atoms with van der Waals surface area (Å²) in [5.41, 5.74) is 1.64. The largest absolute Gasteiger partial charge is 0.282 e. The number of aromatic nitrogens is 1. The zero-order valence-electron chi connectivity index (χ0n) is 10.9. The Bertz CT molecular complexity index is 615. The molecule has 0 spiro atoms. The SMILES string of the molecule is O=S(=O)(CCc1ccccn1)NOCc1ccccc1. The summed E-state index contributed by atoms with van der Waals surface area (Å²) in [6.45, 7) is 0.198. The fourth-order valence-electron chi connectivity index (χ4n) is 1.60. The Balaban J connectivity index is 1.77. The number of sulfonamides is 1. The van der Waals surface area contributed by atoms with Crippen LogP contribution in [0.4, 0.5) is 0 Å². The van der Waals surface area contributed by atoms with E-state index in [0.29, 0.717) is 6.42 Å². The van der Waals surface area contributed by atoms with E-state index in [2.05, 4.69) is 9.87 Å². The zero-order valence-corrected chi connectivity index (χ0v) is 11.7. The molecule has 0 saturated heterocycles. The van der Waals surface area contributed by atoms with Crippen LogP contribution < -0.4 is 4.89 Å². The van der Waals surface area contributed by atoms with E-state index in [9.17, 15) is 8.42 Å². The normalized spacial score (nSPS) is 11.4. The van der Waals surface area contributed by atoms with Crippen LogP contribution in [0.3, 0.4) is 0 Å². The van der Waals surface area contributed by atoms with Gasteiger partial charge in [0.25, 0.3) is 0 Å². The highest BCUT2D eigenvalue weighted by atomic mass is 32.2. The lowest BCUT2D eigenvalue weighted by Crippen LogP contribution is -2.27. The second-order valence-corrected chi connectivity index (χ2v) is 6.05. The molecule has 0 aliphatic heterocycles. The van der Waals surface area contributed by atoms with Crippen molar-refractivity contribution in [1.29, 1.82) is 0 Å². The summed E-state index contributed by atoms with van der Waals surface area (Å²) in [6, 6.07) is 14.8. The van der Waals surface area contributed by atoms with Gasteiger partial charge in [-0.25, -0.2) is 8.42 Å². The second-order valence-electron chi connectivity index (χ2n) is 4.25. The lowest BCUT2D eigenvalue weighted by molar-refractivity contribution is 0.0796. The fourth-order valence-corrected chi connectivity index (χ4v) is 2.40. The van der Waals surface area contributed by atoms with Crippen LogP contribution >= 0.6 is 0 Å². The molecular formula is C14H16N2O3S. The maximum absolute atomic E-state index is 11.7. The predicted octanol–water partition coefficient (Wildman–Crippen LogP) is 1.68. The van der Waals surface area contributed by atoms with Crippen molar-refractivity contribution in [2.24, 2.45) is 0 Å². The van der Waals surface area contributed by atoms with Gasteiger partial charge in [0.2, 0.25) is 10.0 Å². The molecule has 1 heterocycles. The first-order valence-electron chi connectivity index (χ1n) is 6.21. The third-order valence-corrected chi connectivity index (χ3v) is 3.73. The van der Waals surface area contributed by atoms with Gasteiger partial charge in [-0.3, -0.25) is 9.82 Å². The molecule has 20 heavy (non-hydrogen) atoms. The van der Waals surface area contributed by atoms with Gasteiger partial charge in [-0.1, -0.05) is 41.3 Å². The Hall–Kier alpha value is -1.76. The van der Waals surface area contributed by atoms with Crippen molar-refractivity contribution in [2.45, 2.75) is 13.0 Å². The molecule has 1 aromatic carbocycles. The van der Waals surface area contributed by atoms with Gasteiger partial charge in [-0.15, -0.1) is 0 Å². The molecule has 2 aromatic rings. The molecule has 1 N–H and O–H groups in total. The topological polar surface area (TPSA) is 68.3 Å². The van der Waals surface area contributed by atoms with E-state index in [-0.39, 0.29) is 12.4 Å². The molecule has 0 bridgehead atoms. The number of nitrogens with zero attached hydrogens (tertiary/aromatic N) is 1. The van der Waals surface area contributed by atoms with Crippen molar-refractivity contribution in [3.8, 4) is 0 Å². The number of nitrogens with one attached hydrogen (secondary N) is 1. The molecule has 0 aliphatic rings. The van der Waals surface area contributed by atoms with E-state index in [1.54, 1.807) is 18.3 Å². The standard InChI is InChI=1S/C14H16N2O3S/c17-20(18,11-9-14-8-4-5-10-15-14)16-19-12-13-6-2-1-3-7-13/h1-8,10,16H,9,11-12H2. The molecule has 0 radical (unpaired) electrons. The highest BCUT2D eigenvalue weighted by Gasteiger charge is 2.10. The summed E-state index contributed by atoms with van der Waals surface area (Å²) >= 11 is 0. The van der Waals surface area contributed by atoms with Crippen LogP contribution in [0.5, 0.6) is 0 Å². The molecule has 5 nitrogen and oxygen atoms in total. The average Bonchev–Trinajstić information content (AvgIpc) is 2.47. The summed E-state index contributed by atoms with van der Waals surface area (Å²) in [6.07, 6.45) is 1.99. The number of pyridine rings is 1. The van der Waals surface area contributed by atoms with E-state index in [0.717, 1.165) is 11.3 Å². The number of hydrogen-bond donors (Lipinski definition) is 1. The lowest BCUT2D eigenvalue weighted by Gasteiger charge is -2.07. The minimum absolute atomic E-state index is 0.0567. The number of benzene rings is 1. The Morgan fingerprint density at radius 2 is 1.80 bits per heavy atom. The second kappa shape index (κ2) is 7.14. The van der Waals surface area contributed by atoms with Gasteiger partial charge in [-0.05, 0) is 17.7 Å². The maximum atomic E-state index is 11.7. The average molecular weight is 292 g/mol. The third kappa shape index (κ3) is 5.08. The van der Waals surface area contributed by atoms with Crippen LogP contribution in [-0.4, -0.2) is 19.2 Å². The third-order valence-electron chi connectivity index (χ3n) is 2.62. The first-order chi connectivity index (χ1) is 9.66. The van der Waals surface area contributed by atoms with E-state index in [1.165, 1.54) is 0 Å². The summed E-state index contributed by atoms with van der Waals surface area (Å²) in [7, 11) is -3.46. The molecule has 6 heteroatoms. The first kappa shape index (κ1) is 14.6. The first-order valence-corrected chi connectivity index (χ1v) is 7.86. The molecule has 1 aromatic heterocycles. The van der Waals surface area contributed by atoms with Crippen molar-refractivity contribution in [1.82, 2.24) is 9.87 Å². The molecule has 106 valence electrons. The quantitative estimate of drug-likeness (QED) is 0.788. The van der Waals surface area contributed by atoms with Gasteiger partial charge < -0.3 is 0 Å². The smallest absolute Gasteiger partial charge is 0.233 e. The van der Waals surface area contributed by atoms with E-state index >= 15 is 0 Å². The minimum atomic E-state index is -3.46. The molecule has 0 aliphatic carbocycles. The number of rotatable bonds is 7. The summed E-state index contributed by atoms with van der Waals surface area (Å²) in [5, 5.41) is 0. The van der Waals surface area contributed by atoms with E-state index in [4.69, 9.17) is 4.84 Å². The summed E-state index contributed by atoms with van der Waals surface area (Å²) < 4.78 is 23.5. The minimum Gasteiger partial charge on any atom is -0.282 e. The van der Waals surface area contributed by atoms with Gasteiger partial charge in [0.05, 0.1) is 12.4 Å². The Kier molecular flexibility index (Phi) is 5.23. The molecule has 2 rings (SSSR count). The maximum Gasteiger partial charge on any atom is 0.233 e. The van der Waals surface area contributed by atoms with Crippen LogP contribution in [-0.2, 0) is 27.9 Å². The van der Waals surface area contributed by atoms with Crippen LogP contribution in [0.1, 0.15) is 11.3 Å². The van der Waals surface area contributed by atoms with Crippen LogP contribution in [0.2, 0.25) is 0 Å². The van der Waals surface area contributed by atoms with Gasteiger partial charge in [0.15, 0.2) is 0 Å². The van der Waals surface area contributed by atoms with Gasteiger partial charge in [-0.2, -0.15) is 0 Å². The van der Waals surface area contributed by atoms with Crippen molar-refractivity contribution in [2.75, 3.05) is 5.75 Å². The Morgan fingerprint density at radius 3 is 2.50 bits per heavy atom. The predicted molar refractivity (Wildman–Crippen MR) is 76.1 cm³/mol. The van der Waals surface area contributed by atoms with Crippen LogP contribution in [0, 0.1) is 0 Å². The molecule has 0 saturated carbocycles. The van der Waals surface area contributed by atoms with Crippen LogP contribution in [0.25, 0.3) is 0 Å². The fraction of sp³-hybridized carbons (Fsp3) is 0.214. The molecule has 0 amide bonds. The van der Waals surface area contributed by atoms with Gasteiger partial charge in [0.1, 0.15) is 0 Å². The van der Waals surface area contributed by atoms with Crippen molar-refractivity contribution < 1.29 is 13.3 Å². The Morgan fingerprint density at radius 1 is 1.05 bits per heavy atom. The zero-order chi connectivity index (χ0) is 14.3. The lowest BCUT2D eigenvalue weighted by atomic mass is 10.2. The highest BCUT2D eigenvalue weighted by Crippen LogP contribution is 2.01. The van der Waals surface area contributed by atoms with Gasteiger partial charge >= 0.3 is 0 Å². The summed E-state index contributed by atoms with van der Waals surface area (Å²) in [5.74, 6) is -0.0567. The monoisotopic (exact) mass is 292 g/mol. The molecule has 0 unspecified atom stereocenters.